The Kier molecular flexibility index (Phi) is 5.47. The first kappa shape index (κ1) is 12.3. The number of methoxy groups -OCH3 is 1. The van der Waals surface area contributed by atoms with Gasteiger partial charge in [-0.1, -0.05) is 17.7 Å². The molecule has 1 aromatic carbocycles. The molecule has 0 saturated carbocycles. The second kappa shape index (κ2) is 6.67. The van der Waals surface area contributed by atoms with Gasteiger partial charge in [-0.2, -0.15) is 0 Å². The number of hydrogen-bond acceptors (Lipinski definition) is 3. The smallest absolute Gasteiger partial charge is 0.125 e. The minimum Gasteiger partial charge on any atom is -0.493 e. The van der Waals surface area contributed by atoms with Crippen molar-refractivity contribution in [2.45, 2.75) is 13.0 Å². The number of benzene rings is 1. The predicted octanol–water partition coefficient (Wildman–Crippen LogP) is 2.21. The van der Waals surface area contributed by atoms with Gasteiger partial charge in [0.1, 0.15) is 5.75 Å². The predicted molar refractivity (Wildman–Crippen MR) is 61.3 cm³/mol. The first-order chi connectivity index (χ1) is 7.27. The normalized spacial score (nSPS) is 10.3. The summed E-state index contributed by atoms with van der Waals surface area (Å²) >= 11 is 5.87. The molecule has 0 saturated heterocycles. The lowest BCUT2D eigenvalue weighted by molar-refractivity contribution is 0.172. The molecule has 1 aromatic rings. The van der Waals surface area contributed by atoms with Crippen molar-refractivity contribution in [3.05, 3.63) is 28.8 Å². The second-order valence-electron chi connectivity index (χ2n) is 3.15. The van der Waals surface area contributed by atoms with Gasteiger partial charge in [0.05, 0.1) is 6.61 Å². The Balaban J connectivity index is 2.54. The topological polar surface area (TPSA) is 44.5 Å². The van der Waals surface area contributed by atoms with Crippen LogP contribution in [0.4, 0.5) is 0 Å². The lowest BCUT2D eigenvalue weighted by atomic mass is 10.2. The summed E-state index contributed by atoms with van der Waals surface area (Å²) in [6, 6.07) is 5.48. The molecule has 0 unspecified atom stereocenters. The van der Waals surface area contributed by atoms with Crippen LogP contribution in [0.15, 0.2) is 18.2 Å². The fourth-order valence-corrected chi connectivity index (χ4v) is 1.38. The van der Waals surface area contributed by atoms with Crippen LogP contribution in [-0.4, -0.2) is 20.3 Å². The molecular formula is C11H16ClNO2. The summed E-state index contributed by atoms with van der Waals surface area (Å²) in [4.78, 5) is 0. The lowest BCUT2D eigenvalue weighted by Crippen LogP contribution is -2.05. The standard InChI is InChI=1S/C11H16ClNO2/c1-14-5-2-6-15-11-7-10(12)4-3-9(11)8-13/h3-4,7H,2,5-6,8,13H2,1H3. The molecular weight excluding hydrogens is 214 g/mol. The molecule has 0 amide bonds. The average molecular weight is 230 g/mol. The summed E-state index contributed by atoms with van der Waals surface area (Å²) < 4.78 is 10.5. The van der Waals surface area contributed by atoms with E-state index in [0.717, 1.165) is 17.7 Å². The number of rotatable bonds is 6. The highest BCUT2D eigenvalue weighted by Gasteiger charge is 2.02. The Hall–Kier alpha value is -0.770. The fraction of sp³-hybridized carbons (Fsp3) is 0.455. The highest BCUT2D eigenvalue weighted by molar-refractivity contribution is 6.30. The fourth-order valence-electron chi connectivity index (χ4n) is 1.22. The Bertz CT molecular complexity index is 305. The van der Waals surface area contributed by atoms with Gasteiger partial charge in [0.25, 0.3) is 0 Å². The molecule has 84 valence electrons. The highest BCUT2D eigenvalue weighted by atomic mass is 35.5. The second-order valence-corrected chi connectivity index (χ2v) is 3.59. The molecule has 0 fully saturated rings. The average Bonchev–Trinajstić information content (AvgIpc) is 2.25. The molecule has 0 aromatic heterocycles. The van der Waals surface area contributed by atoms with Gasteiger partial charge in [-0.3, -0.25) is 0 Å². The van der Waals surface area contributed by atoms with Crippen molar-refractivity contribution in [1.82, 2.24) is 0 Å². The molecule has 0 aliphatic rings. The van der Waals surface area contributed by atoms with E-state index in [4.69, 9.17) is 26.8 Å². The van der Waals surface area contributed by atoms with Crippen LogP contribution in [0.25, 0.3) is 0 Å². The molecule has 3 nitrogen and oxygen atoms in total. The molecule has 0 radical (unpaired) electrons. The number of halogens is 1. The highest BCUT2D eigenvalue weighted by Crippen LogP contribution is 2.23. The number of nitrogens with two attached hydrogens (primary N) is 1. The van der Waals surface area contributed by atoms with Crippen LogP contribution in [0.2, 0.25) is 5.02 Å². The van der Waals surface area contributed by atoms with Crippen molar-refractivity contribution in [3.8, 4) is 5.75 Å². The molecule has 0 aliphatic carbocycles. The van der Waals surface area contributed by atoms with E-state index in [1.54, 1.807) is 13.2 Å². The first-order valence-electron chi connectivity index (χ1n) is 4.88. The molecule has 1 rings (SSSR count). The minimum atomic E-state index is 0.455. The van der Waals surface area contributed by atoms with Gasteiger partial charge in [-0.15, -0.1) is 0 Å². The molecule has 0 bridgehead atoms. The van der Waals surface area contributed by atoms with Crippen molar-refractivity contribution in [1.29, 1.82) is 0 Å². The molecule has 0 aliphatic heterocycles. The van der Waals surface area contributed by atoms with Crippen LogP contribution in [0.3, 0.4) is 0 Å². The third-order valence-corrected chi connectivity index (χ3v) is 2.23. The summed E-state index contributed by atoms with van der Waals surface area (Å²) in [5, 5.41) is 0.661. The van der Waals surface area contributed by atoms with E-state index < -0.39 is 0 Å². The van der Waals surface area contributed by atoms with E-state index in [1.165, 1.54) is 0 Å². The molecule has 15 heavy (non-hydrogen) atoms. The zero-order chi connectivity index (χ0) is 11.1. The summed E-state index contributed by atoms with van der Waals surface area (Å²) in [6.45, 7) is 1.76. The van der Waals surface area contributed by atoms with Gasteiger partial charge in [0, 0.05) is 37.3 Å². The van der Waals surface area contributed by atoms with Gasteiger partial charge in [-0.05, 0) is 12.1 Å². The maximum atomic E-state index is 5.87. The van der Waals surface area contributed by atoms with Crippen molar-refractivity contribution in [2.75, 3.05) is 20.3 Å². The van der Waals surface area contributed by atoms with E-state index in [0.29, 0.717) is 24.8 Å². The van der Waals surface area contributed by atoms with Crippen molar-refractivity contribution in [3.63, 3.8) is 0 Å². The van der Waals surface area contributed by atoms with Crippen molar-refractivity contribution in [2.24, 2.45) is 5.73 Å². The Morgan fingerprint density at radius 1 is 1.33 bits per heavy atom. The maximum absolute atomic E-state index is 5.87. The summed E-state index contributed by atoms with van der Waals surface area (Å²) in [6.07, 6.45) is 0.854. The SMILES string of the molecule is COCCCOc1cc(Cl)ccc1CN. The molecule has 2 N–H and O–H groups in total. The molecule has 0 spiro atoms. The zero-order valence-electron chi connectivity index (χ0n) is 8.83. The minimum absolute atomic E-state index is 0.455. The van der Waals surface area contributed by atoms with E-state index in [9.17, 15) is 0 Å². The maximum Gasteiger partial charge on any atom is 0.125 e. The van der Waals surface area contributed by atoms with Gasteiger partial charge in [0.2, 0.25) is 0 Å². The van der Waals surface area contributed by atoms with Crippen LogP contribution >= 0.6 is 11.6 Å². The van der Waals surface area contributed by atoms with Crippen LogP contribution in [0.5, 0.6) is 5.75 Å². The zero-order valence-corrected chi connectivity index (χ0v) is 9.59. The largest absolute Gasteiger partial charge is 0.493 e. The Morgan fingerprint density at radius 2 is 2.13 bits per heavy atom. The van der Waals surface area contributed by atoms with E-state index in [-0.39, 0.29) is 0 Å². The number of ether oxygens (including phenoxy) is 2. The van der Waals surface area contributed by atoms with Crippen molar-refractivity contribution >= 4 is 11.6 Å². The van der Waals surface area contributed by atoms with Gasteiger partial charge in [0.15, 0.2) is 0 Å². The lowest BCUT2D eigenvalue weighted by Gasteiger charge is -2.10. The first-order valence-corrected chi connectivity index (χ1v) is 5.26. The third-order valence-electron chi connectivity index (χ3n) is 2.00. The summed E-state index contributed by atoms with van der Waals surface area (Å²) in [5.74, 6) is 0.765. The third kappa shape index (κ3) is 4.08. The van der Waals surface area contributed by atoms with Gasteiger partial charge < -0.3 is 15.2 Å². The molecule has 0 atom stereocenters. The quantitative estimate of drug-likeness (QED) is 0.761. The van der Waals surface area contributed by atoms with Gasteiger partial charge >= 0.3 is 0 Å². The summed E-state index contributed by atoms with van der Waals surface area (Å²) in [5.41, 5.74) is 6.55. The number of hydrogen-bond donors (Lipinski definition) is 1. The van der Waals surface area contributed by atoms with Crippen LogP contribution in [0, 0.1) is 0 Å². The van der Waals surface area contributed by atoms with Gasteiger partial charge in [-0.25, -0.2) is 0 Å². The molecule has 0 heterocycles. The van der Waals surface area contributed by atoms with E-state index in [1.807, 2.05) is 12.1 Å². The summed E-state index contributed by atoms with van der Waals surface area (Å²) in [7, 11) is 1.67. The van der Waals surface area contributed by atoms with Crippen LogP contribution < -0.4 is 10.5 Å². The van der Waals surface area contributed by atoms with Crippen molar-refractivity contribution < 1.29 is 9.47 Å². The monoisotopic (exact) mass is 229 g/mol. The van der Waals surface area contributed by atoms with Crippen LogP contribution in [0.1, 0.15) is 12.0 Å². The molecule has 4 heteroatoms. The van der Waals surface area contributed by atoms with Crippen LogP contribution in [-0.2, 0) is 11.3 Å². The Morgan fingerprint density at radius 3 is 2.80 bits per heavy atom. The van der Waals surface area contributed by atoms with E-state index in [2.05, 4.69) is 0 Å². The Labute approximate surface area is 95.1 Å². The van der Waals surface area contributed by atoms with E-state index >= 15 is 0 Å².